The van der Waals surface area contributed by atoms with Crippen LogP contribution < -0.4 is 15.2 Å². The molecule has 10 heteroatoms. The maximum atomic E-state index is 15.1. The van der Waals surface area contributed by atoms with E-state index in [1.54, 1.807) is 6.07 Å². The molecule has 2 fully saturated rings. The molecule has 0 amide bonds. The fraction of sp³-hybridized carbons (Fsp3) is 0.364. The average Bonchev–Trinajstić information content (AvgIpc) is 3.58. The van der Waals surface area contributed by atoms with Gasteiger partial charge in [0.05, 0.1) is 11.2 Å². The molecular weight excluding hydrogens is 437 g/mol. The van der Waals surface area contributed by atoms with Gasteiger partial charge in [0, 0.05) is 55.6 Å². The minimum atomic E-state index is -1.30. The summed E-state index contributed by atoms with van der Waals surface area (Å²) < 4.78 is 16.9. The van der Waals surface area contributed by atoms with E-state index >= 15 is 4.39 Å². The SMILES string of the molecule is Cc1cc(N2CCN(c3cc4c(cc3F)c(=O)c(C(=O)O)cn4C3CC3)CC2)nc(Cl)n1. The van der Waals surface area contributed by atoms with Crippen LogP contribution in [0.4, 0.5) is 15.9 Å². The molecule has 3 aromatic rings. The average molecular weight is 458 g/mol. The third-order valence-corrected chi connectivity index (χ3v) is 6.20. The topological polar surface area (TPSA) is 91.6 Å². The molecule has 0 unspecified atom stereocenters. The number of hydrogen-bond acceptors (Lipinski definition) is 6. The Balaban J connectivity index is 1.48. The molecule has 1 aromatic carbocycles. The Labute approximate surface area is 187 Å². The number of pyridine rings is 1. The Hall–Kier alpha value is -3.20. The monoisotopic (exact) mass is 457 g/mol. The van der Waals surface area contributed by atoms with Gasteiger partial charge in [-0.3, -0.25) is 4.79 Å². The number of fused-ring (bicyclic) bond motifs is 1. The van der Waals surface area contributed by atoms with Crippen molar-refractivity contribution >= 4 is 40.0 Å². The summed E-state index contributed by atoms with van der Waals surface area (Å²) in [4.78, 5) is 36.6. The van der Waals surface area contributed by atoms with E-state index in [-0.39, 0.29) is 22.3 Å². The summed E-state index contributed by atoms with van der Waals surface area (Å²) >= 11 is 5.99. The van der Waals surface area contributed by atoms with Crippen molar-refractivity contribution in [1.82, 2.24) is 14.5 Å². The molecule has 2 aromatic heterocycles. The first-order chi connectivity index (χ1) is 15.3. The zero-order valence-corrected chi connectivity index (χ0v) is 18.1. The number of nitrogens with zero attached hydrogens (tertiary/aromatic N) is 5. The van der Waals surface area contributed by atoms with Crippen molar-refractivity contribution in [3.8, 4) is 0 Å². The highest BCUT2D eigenvalue weighted by atomic mass is 35.5. The van der Waals surface area contributed by atoms with E-state index in [0.29, 0.717) is 37.4 Å². The van der Waals surface area contributed by atoms with Gasteiger partial charge in [0.1, 0.15) is 17.2 Å². The summed E-state index contributed by atoms with van der Waals surface area (Å²) in [5.41, 5.74) is 0.770. The van der Waals surface area contributed by atoms with Crippen molar-refractivity contribution < 1.29 is 14.3 Å². The first kappa shape index (κ1) is 20.7. The predicted octanol–water partition coefficient (Wildman–Crippen LogP) is 3.25. The summed E-state index contributed by atoms with van der Waals surface area (Å²) in [6, 6.07) is 4.86. The van der Waals surface area contributed by atoms with Gasteiger partial charge >= 0.3 is 5.97 Å². The van der Waals surface area contributed by atoms with Crippen molar-refractivity contribution in [2.75, 3.05) is 36.0 Å². The highest BCUT2D eigenvalue weighted by molar-refractivity contribution is 6.28. The first-order valence-corrected chi connectivity index (χ1v) is 10.8. The van der Waals surface area contributed by atoms with Gasteiger partial charge in [0.15, 0.2) is 0 Å². The van der Waals surface area contributed by atoms with Crippen LogP contribution in [-0.2, 0) is 0 Å². The fourth-order valence-electron chi connectivity index (χ4n) is 4.26. The maximum absolute atomic E-state index is 15.1. The Bertz CT molecular complexity index is 1280. The van der Waals surface area contributed by atoms with Gasteiger partial charge in [-0.05, 0) is 43.5 Å². The van der Waals surface area contributed by atoms with Crippen LogP contribution in [0.2, 0.25) is 5.28 Å². The van der Waals surface area contributed by atoms with Gasteiger partial charge in [-0.15, -0.1) is 0 Å². The zero-order valence-electron chi connectivity index (χ0n) is 17.4. The molecule has 1 aliphatic heterocycles. The number of hydrogen-bond donors (Lipinski definition) is 1. The Morgan fingerprint density at radius 1 is 1.12 bits per heavy atom. The zero-order chi connectivity index (χ0) is 22.6. The quantitative estimate of drug-likeness (QED) is 0.601. The van der Waals surface area contributed by atoms with Crippen LogP contribution in [0.15, 0.2) is 29.2 Å². The van der Waals surface area contributed by atoms with Crippen LogP contribution in [0.1, 0.15) is 34.9 Å². The standard InChI is InChI=1S/C22H21ClFN5O3/c1-12-8-19(26-22(23)25-12)28-6-4-27(5-7-28)18-10-17-14(9-16(18)24)20(30)15(21(31)32)11-29(17)13-2-3-13/h8-11,13H,2-7H2,1H3,(H,31,32). The number of piperazine rings is 1. The number of rotatable bonds is 4. The molecule has 32 heavy (non-hydrogen) atoms. The third kappa shape index (κ3) is 3.66. The second kappa shape index (κ2) is 7.74. The molecule has 3 heterocycles. The molecular formula is C22H21ClFN5O3. The van der Waals surface area contributed by atoms with Gasteiger partial charge < -0.3 is 19.5 Å². The van der Waals surface area contributed by atoms with Crippen LogP contribution in [0.25, 0.3) is 10.9 Å². The predicted molar refractivity (Wildman–Crippen MR) is 120 cm³/mol. The van der Waals surface area contributed by atoms with Gasteiger partial charge in [-0.2, -0.15) is 0 Å². The summed E-state index contributed by atoms with van der Waals surface area (Å²) in [6.07, 6.45) is 3.21. The van der Waals surface area contributed by atoms with Crippen LogP contribution in [0, 0.1) is 12.7 Å². The van der Waals surface area contributed by atoms with Crippen LogP contribution >= 0.6 is 11.6 Å². The number of benzene rings is 1. The van der Waals surface area contributed by atoms with Crippen LogP contribution in [-0.4, -0.2) is 51.8 Å². The molecule has 0 bridgehead atoms. The first-order valence-electron chi connectivity index (χ1n) is 10.4. The molecule has 1 aliphatic carbocycles. The lowest BCUT2D eigenvalue weighted by molar-refractivity contribution is 0.0695. The Morgan fingerprint density at radius 3 is 2.44 bits per heavy atom. The summed E-state index contributed by atoms with van der Waals surface area (Å²) in [5.74, 6) is -1.09. The number of aryl methyl sites for hydroxylation is 1. The minimum absolute atomic E-state index is 0.0998. The van der Waals surface area contributed by atoms with Crippen molar-refractivity contribution in [3.05, 3.63) is 57.0 Å². The highest BCUT2D eigenvalue weighted by Gasteiger charge is 2.28. The van der Waals surface area contributed by atoms with E-state index in [2.05, 4.69) is 14.9 Å². The van der Waals surface area contributed by atoms with Crippen molar-refractivity contribution in [2.24, 2.45) is 0 Å². The largest absolute Gasteiger partial charge is 0.477 e. The summed E-state index contributed by atoms with van der Waals surface area (Å²) in [5, 5.41) is 9.69. The minimum Gasteiger partial charge on any atom is -0.477 e. The maximum Gasteiger partial charge on any atom is 0.341 e. The van der Waals surface area contributed by atoms with E-state index in [0.717, 1.165) is 24.4 Å². The molecule has 2 aliphatic rings. The van der Waals surface area contributed by atoms with Crippen molar-refractivity contribution in [3.63, 3.8) is 0 Å². The van der Waals surface area contributed by atoms with E-state index in [1.165, 1.54) is 12.3 Å². The number of anilines is 2. The van der Waals surface area contributed by atoms with Gasteiger partial charge in [-0.25, -0.2) is 19.2 Å². The molecule has 166 valence electrons. The second-order valence-corrected chi connectivity index (χ2v) is 8.58. The van der Waals surface area contributed by atoms with E-state index in [4.69, 9.17) is 11.6 Å². The third-order valence-electron chi connectivity index (χ3n) is 6.03. The van der Waals surface area contributed by atoms with E-state index in [1.807, 2.05) is 22.5 Å². The van der Waals surface area contributed by atoms with Crippen LogP contribution in [0.3, 0.4) is 0 Å². The molecule has 8 nitrogen and oxygen atoms in total. The normalized spacial score (nSPS) is 16.6. The second-order valence-electron chi connectivity index (χ2n) is 8.25. The lowest BCUT2D eigenvalue weighted by atomic mass is 10.1. The van der Waals surface area contributed by atoms with Gasteiger partial charge in [0.2, 0.25) is 10.7 Å². The van der Waals surface area contributed by atoms with Crippen molar-refractivity contribution in [2.45, 2.75) is 25.8 Å². The molecule has 0 spiro atoms. The lowest BCUT2D eigenvalue weighted by Crippen LogP contribution is -2.47. The number of aromatic carboxylic acids is 1. The Kier molecular flexibility index (Phi) is 5.00. The molecule has 0 atom stereocenters. The van der Waals surface area contributed by atoms with E-state index < -0.39 is 17.2 Å². The molecule has 5 rings (SSSR count). The highest BCUT2D eigenvalue weighted by Crippen LogP contribution is 2.38. The summed E-state index contributed by atoms with van der Waals surface area (Å²) in [7, 11) is 0. The van der Waals surface area contributed by atoms with Crippen molar-refractivity contribution in [1.29, 1.82) is 0 Å². The van der Waals surface area contributed by atoms with Gasteiger partial charge in [0.25, 0.3) is 0 Å². The fourth-order valence-corrected chi connectivity index (χ4v) is 4.48. The Morgan fingerprint density at radius 2 is 1.81 bits per heavy atom. The number of aromatic nitrogens is 3. The number of halogens is 2. The van der Waals surface area contributed by atoms with Crippen LogP contribution in [0.5, 0.6) is 0 Å². The number of carboxylic acids is 1. The molecule has 1 saturated heterocycles. The lowest BCUT2D eigenvalue weighted by Gasteiger charge is -2.37. The smallest absolute Gasteiger partial charge is 0.341 e. The van der Waals surface area contributed by atoms with Gasteiger partial charge in [-0.1, -0.05) is 0 Å². The number of carbonyl (C=O) groups is 1. The van der Waals surface area contributed by atoms with E-state index in [9.17, 15) is 14.7 Å². The summed E-state index contributed by atoms with van der Waals surface area (Å²) in [6.45, 7) is 4.22. The molecule has 1 saturated carbocycles. The molecule has 0 radical (unpaired) electrons. The molecule has 1 N–H and O–H groups in total. The number of carboxylic acid groups (broad SMARTS) is 1.